The van der Waals surface area contributed by atoms with Crippen molar-refractivity contribution in [1.29, 1.82) is 0 Å². The van der Waals surface area contributed by atoms with Crippen LogP contribution in [0.5, 0.6) is 0 Å². The Balaban J connectivity index is 0. The van der Waals surface area contributed by atoms with Crippen LogP contribution in [0.25, 0.3) is 0 Å². The van der Waals surface area contributed by atoms with Crippen LogP contribution in [0.2, 0.25) is 0 Å². The fourth-order valence-electron chi connectivity index (χ4n) is 0.829. The molecule has 1 N–H and O–H groups in total. The van der Waals surface area contributed by atoms with E-state index in [1.165, 1.54) is 18.6 Å². The van der Waals surface area contributed by atoms with E-state index < -0.39 is 5.97 Å². The summed E-state index contributed by atoms with van der Waals surface area (Å²) < 4.78 is 0. The summed E-state index contributed by atoms with van der Waals surface area (Å²) in [6, 6.07) is 0. The summed E-state index contributed by atoms with van der Waals surface area (Å²) in [5, 5.41) is 8.35. The summed E-state index contributed by atoms with van der Waals surface area (Å²) in [6.07, 6.45) is 4.73. The van der Waals surface area contributed by atoms with Crippen LogP contribution in [-0.4, -0.2) is 22.6 Å². The van der Waals surface area contributed by atoms with Crippen LogP contribution in [0, 0.1) is 0 Å². The van der Waals surface area contributed by atoms with E-state index in [9.17, 15) is 4.79 Å². The minimum absolute atomic E-state index is 0. The SMILES string of the molecule is C.CCCCSCCCCC(=O)O. The molecule has 0 unspecified atom stereocenters. The lowest BCUT2D eigenvalue weighted by atomic mass is 10.3. The number of carbonyl (C=O) groups is 1. The van der Waals surface area contributed by atoms with Gasteiger partial charge in [0, 0.05) is 6.42 Å². The standard InChI is InChI=1S/C9H18O2S.CH4/c1-2-3-7-12-8-5-4-6-9(10)11;/h2-8H2,1H3,(H,10,11);1H4. The smallest absolute Gasteiger partial charge is 0.303 e. The van der Waals surface area contributed by atoms with Crippen molar-refractivity contribution < 1.29 is 9.90 Å². The van der Waals surface area contributed by atoms with Crippen molar-refractivity contribution in [2.45, 2.75) is 46.5 Å². The van der Waals surface area contributed by atoms with Crippen molar-refractivity contribution in [2.24, 2.45) is 0 Å². The van der Waals surface area contributed by atoms with Crippen LogP contribution in [0.4, 0.5) is 0 Å². The van der Waals surface area contributed by atoms with Crippen molar-refractivity contribution in [2.75, 3.05) is 11.5 Å². The first-order chi connectivity index (χ1) is 5.77. The van der Waals surface area contributed by atoms with Gasteiger partial charge in [0.25, 0.3) is 0 Å². The van der Waals surface area contributed by atoms with E-state index in [2.05, 4.69) is 6.92 Å². The van der Waals surface area contributed by atoms with Crippen molar-refractivity contribution in [3.63, 3.8) is 0 Å². The lowest BCUT2D eigenvalue weighted by Crippen LogP contribution is -1.94. The predicted molar refractivity (Wildman–Crippen MR) is 60.5 cm³/mol. The monoisotopic (exact) mass is 206 g/mol. The fraction of sp³-hybridized carbons (Fsp3) is 0.900. The zero-order chi connectivity index (χ0) is 9.23. The highest BCUT2D eigenvalue weighted by Gasteiger charge is 1.95. The molecule has 0 atom stereocenters. The first-order valence-corrected chi connectivity index (χ1v) is 5.72. The molecule has 0 saturated heterocycles. The number of thioether (sulfide) groups is 1. The molecule has 0 aliphatic heterocycles. The minimum Gasteiger partial charge on any atom is -0.481 e. The number of carboxylic acids is 1. The molecule has 0 aliphatic rings. The second kappa shape index (κ2) is 11.8. The largest absolute Gasteiger partial charge is 0.481 e. The van der Waals surface area contributed by atoms with Gasteiger partial charge in [-0.15, -0.1) is 0 Å². The fourth-order valence-corrected chi connectivity index (χ4v) is 1.93. The maximum Gasteiger partial charge on any atom is 0.303 e. The van der Waals surface area contributed by atoms with Crippen molar-refractivity contribution in [3.8, 4) is 0 Å². The van der Waals surface area contributed by atoms with Gasteiger partial charge in [0.05, 0.1) is 0 Å². The first-order valence-electron chi connectivity index (χ1n) is 4.57. The molecule has 0 bridgehead atoms. The second-order valence-corrected chi connectivity index (χ2v) is 4.04. The van der Waals surface area contributed by atoms with Crippen molar-refractivity contribution in [1.82, 2.24) is 0 Å². The molecule has 0 fully saturated rings. The third kappa shape index (κ3) is 14.7. The van der Waals surface area contributed by atoms with Crippen LogP contribution in [0.3, 0.4) is 0 Å². The predicted octanol–water partition coefficient (Wildman–Crippen LogP) is 3.41. The number of rotatable bonds is 8. The molecular formula is C10H22O2S. The number of aliphatic carboxylic acids is 1. The molecule has 0 heterocycles. The zero-order valence-electron chi connectivity index (χ0n) is 7.71. The maximum absolute atomic E-state index is 10.1. The second-order valence-electron chi connectivity index (χ2n) is 2.82. The van der Waals surface area contributed by atoms with E-state index in [4.69, 9.17) is 5.11 Å². The van der Waals surface area contributed by atoms with E-state index in [0.717, 1.165) is 18.6 Å². The molecule has 0 aromatic heterocycles. The van der Waals surface area contributed by atoms with Gasteiger partial charge in [-0.3, -0.25) is 4.79 Å². The summed E-state index contributed by atoms with van der Waals surface area (Å²) in [5.41, 5.74) is 0. The molecule has 0 saturated carbocycles. The molecule has 0 rings (SSSR count). The van der Waals surface area contributed by atoms with Crippen LogP contribution in [0.1, 0.15) is 46.5 Å². The van der Waals surface area contributed by atoms with Gasteiger partial charge in [-0.05, 0) is 30.8 Å². The highest BCUT2D eigenvalue weighted by molar-refractivity contribution is 7.99. The van der Waals surface area contributed by atoms with Gasteiger partial charge in [-0.25, -0.2) is 0 Å². The third-order valence-electron chi connectivity index (χ3n) is 1.57. The molecule has 13 heavy (non-hydrogen) atoms. The number of hydrogen-bond donors (Lipinski definition) is 1. The molecule has 2 nitrogen and oxygen atoms in total. The highest BCUT2D eigenvalue weighted by Crippen LogP contribution is 2.08. The topological polar surface area (TPSA) is 37.3 Å². The molecule has 0 radical (unpaired) electrons. The Hall–Kier alpha value is -0.180. The summed E-state index contributed by atoms with van der Waals surface area (Å²) >= 11 is 1.94. The maximum atomic E-state index is 10.1. The zero-order valence-corrected chi connectivity index (χ0v) is 8.53. The van der Waals surface area contributed by atoms with Gasteiger partial charge < -0.3 is 5.11 Å². The van der Waals surface area contributed by atoms with Crippen molar-refractivity contribution >= 4 is 17.7 Å². The Kier molecular flexibility index (Phi) is 13.9. The number of carboxylic acid groups (broad SMARTS) is 1. The van der Waals surface area contributed by atoms with E-state index >= 15 is 0 Å². The molecule has 0 aliphatic carbocycles. The van der Waals surface area contributed by atoms with Gasteiger partial charge in [0.1, 0.15) is 0 Å². The molecule has 3 heteroatoms. The van der Waals surface area contributed by atoms with Crippen LogP contribution in [-0.2, 0) is 4.79 Å². The van der Waals surface area contributed by atoms with Gasteiger partial charge in [0.15, 0.2) is 0 Å². The Bertz CT molecular complexity index is 115. The van der Waals surface area contributed by atoms with E-state index in [0.29, 0.717) is 6.42 Å². The normalized spacial score (nSPS) is 9.31. The molecule has 0 amide bonds. The third-order valence-corrected chi connectivity index (χ3v) is 2.73. The van der Waals surface area contributed by atoms with E-state index in [1.54, 1.807) is 0 Å². The van der Waals surface area contributed by atoms with Crippen LogP contribution in [0.15, 0.2) is 0 Å². The number of hydrogen-bond acceptors (Lipinski definition) is 2. The lowest BCUT2D eigenvalue weighted by molar-refractivity contribution is -0.137. The van der Waals surface area contributed by atoms with Crippen LogP contribution < -0.4 is 0 Å². The van der Waals surface area contributed by atoms with Gasteiger partial charge in [-0.2, -0.15) is 11.8 Å². The molecule has 0 spiro atoms. The van der Waals surface area contributed by atoms with Crippen LogP contribution >= 0.6 is 11.8 Å². The van der Waals surface area contributed by atoms with E-state index in [1.807, 2.05) is 11.8 Å². The summed E-state index contributed by atoms with van der Waals surface area (Å²) in [5.74, 6) is 1.67. The summed E-state index contributed by atoms with van der Waals surface area (Å²) in [6.45, 7) is 2.19. The average molecular weight is 206 g/mol. The average Bonchev–Trinajstić information content (AvgIpc) is 2.02. The number of unbranched alkanes of at least 4 members (excludes halogenated alkanes) is 2. The molecule has 0 aromatic rings. The van der Waals surface area contributed by atoms with Gasteiger partial charge >= 0.3 is 5.97 Å². The quantitative estimate of drug-likeness (QED) is 0.618. The highest BCUT2D eigenvalue weighted by atomic mass is 32.2. The Morgan fingerprint density at radius 3 is 2.38 bits per heavy atom. The Morgan fingerprint density at radius 2 is 1.85 bits per heavy atom. The van der Waals surface area contributed by atoms with E-state index in [-0.39, 0.29) is 7.43 Å². The molecular weight excluding hydrogens is 184 g/mol. The first kappa shape index (κ1) is 15.3. The summed E-state index contributed by atoms with van der Waals surface area (Å²) in [7, 11) is 0. The molecule has 0 aromatic carbocycles. The molecule has 80 valence electrons. The lowest BCUT2D eigenvalue weighted by Gasteiger charge is -1.98. The van der Waals surface area contributed by atoms with Gasteiger partial charge in [-0.1, -0.05) is 20.8 Å². The minimum atomic E-state index is -0.673. The van der Waals surface area contributed by atoms with Crippen molar-refractivity contribution in [3.05, 3.63) is 0 Å². The summed E-state index contributed by atoms with van der Waals surface area (Å²) in [4.78, 5) is 10.1. The Morgan fingerprint density at radius 1 is 1.23 bits per heavy atom. The Labute approximate surface area is 86.1 Å². The van der Waals surface area contributed by atoms with Gasteiger partial charge in [0.2, 0.25) is 0 Å².